The third kappa shape index (κ3) is 5.49. The molecule has 1 rings (SSSR count). The lowest BCUT2D eigenvalue weighted by Gasteiger charge is -2.23. The van der Waals surface area contributed by atoms with Gasteiger partial charge < -0.3 is 15.3 Å². The van der Waals surface area contributed by atoms with E-state index in [1.807, 2.05) is 11.8 Å². The summed E-state index contributed by atoms with van der Waals surface area (Å²) in [6.45, 7) is 4.48. The lowest BCUT2D eigenvalue weighted by Crippen LogP contribution is -2.46. The molecule has 0 bridgehead atoms. The van der Waals surface area contributed by atoms with Gasteiger partial charge in [0.15, 0.2) is 0 Å². The second-order valence-electron chi connectivity index (χ2n) is 4.97. The molecule has 2 amide bonds. The second kappa shape index (κ2) is 8.43. The van der Waals surface area contributed by atoms with Crippen molar-refractivity contribution in [1.29, 1.82) is 0 Å². The van der Waals surface area contributed by atoms with Crippen molar-refractivity contribution in [1.82, 2.24) is 15.1 Å². The van der Waals surface area contributed by atoms with Crippen LogP contribution >= 0.6 is 0 Å². The molecule has 1 fully saturated rings. The minimum Gasteiger partial charge on any atom is -0.480 e. The Labute approximate surface area is 120 Å². The minimum absolute atomic E-state index is 0.0261. The van der Waals surface area contributed by atoms with E-state index in [-0.39, 0.29) is 18.6 Å². The highest BCUT2D eigenvalue weighted by molar-refractivity contribution is 5.75. The molecule has 1 atom stereocenters. The average molecular weight is 281 g/mol. The Hall–Kier alpha value is -1.74. The lowest BCUT2D eigenvalue weighted by molar-refractivity contribution is -0.138. The van der Waals surface area contributed by atoms with Crippen molar-refractivity contribution in [3.05, 3.63) is 0 Å². The molecule has 0 radical (unpaired) electrons. The molecule has 0 aromatic rings. The van der Waals surface area contributed by atoms with Gasteiger partial charge in [0.1, 0.15) is 0 Å². The quantitative estimate of drug-likeness (QED) is 0.723. The molecular formula is C14H23N3O3. The Kier molecular flexibility index (Phi) is 6.88. The Morgan fingerprint density at radius 1 is 1.35 bits per heavy atom. The molecule has 6 heteroatoms. The van der Waals surface area contributed by atoms with Crippen LogP contribution < -0.4 is 5.32 Å². The van der Waals surface area contributed by atoms with Crippen molar-refractivity contribution < 1.29 is 14.7 Å². The molecule has 0 saturated carbocycles. The molecular weight excluding hydrogens is 258 g/mol. The fraction of sp³-hybridized carbons (Fsp3) is 0.714. The molecule has 1 aliphatic rings. The molecule has 0 spiro atoms. The van der Waals surface area contributed by atoms with Crippen LogP contribution in [0.1, 0.15) is 26.2 Å². The zero-order valence-corrected chi connectivity index (χ0v) is 12.0. The van der Waals surface area contributed by atoms with Gasteiger partial charge >= 0.3 is 12.0 Å². The molecule has 112 valence electrons. The Balaban J connectivity index is 2.45. The summed E-state index contributed by atoms with van der Waals surface area (Å²) in [5.41, 5.74) is 0. The van der Waals surface area contributed by atoms with E-state index in [0.717, 1.165) is 19.3 Å². The minimum atomic E-state index is -0.835. The first-order valence-corrected chi connectivity index (χ1v) is 7.02. The highest BCUT2D eigenvalue weighted by Crippen LogP contribution is 2.04. The average Bonchev–Trinajstić information content (AvgIpc) is 2.63. The molecule has 0 aromatic heterocycles. The van der Waals surface area contributed by atoms with E-state index in [0.29, 0.717) is 26.2 Å². The van der Waals surface area contributed by atoms with Crippen LogP contribution in [0.25, 0.3) is 0 Å². The number of nitrogens with one attached hydrogen (secondary N) is 1. The van der Waals surface area contributed by atoms with Gasteiger partial charge in [0.25, 0.3) is 0 Å². The number of hydrogen-bond acceptors (Lipinski definition) is 3. The van der Waals surface area contributed by atoms with E-state index < -0.39 is 5.97 Å². The molecule has 0 aromatic carbocycles. The Bertz CT molecular complexity index is 378. The summed E-state index contributed by atoms with van der Waals surface area (Å²) in [7, 11) is 0. The summed E-state index contributed by atoms with van der Waals surface area (Å²) in [5, 5.41) is 11.6. The van der Waals surface area contributed by atoms with Gasteiger partial charge in [0.2, 0.25) is 0 Å². The fourth-order valence-corrected chi connectivity index (χ4v) is 2.25. The summed E-state index contributed by atoms with van der Waals surface area (Å²) >= 11 is 0. The zero-order valence-electron chi connectivity index (χ0n) is 12.0. The number of carboxylic acids is 1. The van der Waals surface area contributed by atoms with Crippen molar-refractivity contribution in [3.63, 3.8) is 0 Å². The number of carbonyl (C=O) groups excluding carboxylic acids is 1. The summed E-state index contributed by atoms with van der Waals surface area (Å²) in [6.07, 6.45) is 7.84. The predicted molar refractivity (Wildman–Crippen MR) is 76.3 cm³/mol. The molecule has 1 saturated heterocycles. The van der Waals surface area contributed by atoms with E-state index in [2.05, 4.69) is 11.2 Å². The highest BCUT2D eigenvalue weighted by Gasteiger charge is 2.21. The van der Waals surface area contributed by atoms with Gasteiger partial charge in [-0.25, -0.2) is 4.79 Å². The lowest BCUT2D eigenvalue weighted by atomic mass is 10.2. The number of carboxylic acid groups (broad SMARTS) is 1. The normalized spacial score (nSPS) is 17.9. The van der Waals surface area contributed by atoms with Crippen molar-refractivity contribution in [2.75, 3.05) is 32.7 Å². The summed E-state index contributed by atoms with van der Waals surface area (Å²) in [6, 6.07) is -0.385. The maximum atomic E-state index is 12.1. The molecule has 1 aliphatic heterocycles. The van der Waals surface area contributed by atoms with Crippen molar-refractivity contribution in [3.8, 4) is 12.3 Å². The first-order chi connectivity index (χ1) is 9.56. The number of terminal acetylenes is 1. The largest absolute Gasteiger partial charge is 0.480 e. The maximum absolute atomic E-state index is 12.1. The molecule has 20 heavy (non-hydrogen) atoms. The zero-order chi connectivity index (χ0) is 15.0. The van der Waals surface area contributed by atoms with Crippen LogP contribution in [0, 0.1) is 12.3 Å². The van der Waals surface area contributed by atoms with Crippen LogP contribution in [0.3, 0.4) is 0 Å². The summed E-state index contributed by atoms with van der Waals surface area (Å²) in [5.74, 6) is 1.74. The Morgan fingerprint density at radius 2 is 2.10 bits per heavy atom. The van der Waals surface area contributed by atoms with Gasteiger partial charge in [-0.1, -0.05) is 19.3 Å². The fourth-order valence-electron chi connectivity index (χ4n) is 2.25. The van der Waals surface area contributed by atoms with Crippen LogP contribution in [-0.2, 0) is 4.79 Å². The number of hydrogen-bond donors (Lipinski definition) is 2. The van der Waals surface area contributed by atoms with Crippen LogP contribution in [-0.4, -0.2) is 65.7 Å². The smallest absolute Gasteiger partial charge is 0.318 e. The van der Waals surface area contributed by atoms with Gasteiger partial charge in [0.05, 0.1) is 12.6 Å². The molecule has 6 nitrogen and oxygen atoms in total. The van der Waals surface area contributed by atoms with E-state index in [1.165, 1.54) is 0 Å². The molecule has 0 aliphatic carbocycles. The summed E-state index contributed by atoms with van der Waals surface area (Å²) < 4.78 is 0. The first-order valence-electron chi connectivity index (χ1n) is 7.02. The number of amides is 2. The highest BCUT2D eigenvalue weighted by atomic mass is 16.4. The van der Waals surface area contributed by atoms with Crippen molar-refractivity contribution >= 4 is 12.0 Å². The van der Waals surface area contributed by atoms with Gasteiger partial charge in [-0.3, -0.25) is 9.69 Å². The van der Waals surface area contributed by atoms with E-state index in [1.54, 1.807) is 4.90 Å². The second-order valence-corrected chi connectivity index (χ2v) is 4.97. The topological polar surface area (TPSA) is 72.9 Å². The summed E-state index contributed by atoms with van der Waals surface area (Å²) in [4.78, 5) is 26.4. The molecule has 1 heterocycles. The SMILES string of the molecule is C#CC(CCC)NC(=O)N1CCCN(CC(=O)O)CC1. The number of aliphatic carboxylic acids is 1. The number of nitrogens with zero attached hydrogens (tertiary/aromatic N) is 2. The van der Waals surface area contributed by atoms with E-state index in [4.69, 9.17) is 11.5 Å². The predicted octanol–water partition coefficient (Wildman–Crippen LogP) is 0.590. The number of rotatable bonds is 5. The van der Waals surface area contributed by atoms with Crippen LogP contribution in [0.5, 0.6) is 0 Å². The molecule has 1 unspecified atom stereocenters. The van der Waals surface area contributed by atoms with Gasteiger partial charge in [0, 0.05) is 26.2 Å². The maximum Gasteiger partial charge on any atom is 0.318 e. The van der Waals surface area contributed by atoms with Gasteiger partial charge in [-0.05, 0) is 12.8 Å². The number of urea groups is 1. The standard InChI is InChI=1S/C14H23N3O3/c1-3-6-12(4-2)15-14(20)17-8-5-7-16(9-10-17)11-13(18)19/h2,12H,3,5-11H2,1H3,(H,15,20)(H,18,19). The first kappa shape index (κ1) is 16.3. The van der Waals surface area contributed by atoms with Gasteiger partial charge in [-0.15, -0.1) is 6.42 Å². The van der Waals surface area contributed by atoms with Crippen LogP contribution in [0.2, 0.25) is 0 Å². The van der Waals surface area contributed by atoms with E-state index in [9.17, 15) is 9.59 Å². The van der Waals surface area contributed by atoms with Crippen molar-refractivity contribution in [2.24, 2.45) is 0 Å². The monoisotopic (exact) mass is 281 g/mol. The third-order valence-corrected chi connectivity index (χ3v) is 3.31. The van der Waals surface area contributed by atoms with Crippen LogP contribution in [0.15, 0.2) is 0 Å². The van der Waals surface area contributed by atoms with Crippen LogP contribution in [0.4, 0.5) is 4.79 Å². The number of carbonyl (C=O) groups is 2. The van der Waals surface area contributed by atoms with Gasteiger partial charge in [-0.2, -0.15) is 0 Å². The Morgan fingerprint density at radius 3 is 2.70 bits per heavy atom. The van der Waals surface area contributed by atoms with E-state index >= 15 is 0 Å². The molecule has 2 N–H and O–H groups in total. The third-order valence-electron chi connectivity index (χ3n) is 3.31. The van der Waals surface area contributed by atoms with Crippen molar-refractivity contribution in [2.45, 2.75) is 32.2 Å².